The fraction of sp³-hybridized carbons (Fsp3) is 0.467. The van der Waals surface area contributed by atoms with Gasteiger partial charge in [0.1, 0.15) is 18.8 Å². The highest BCUT2D eigenvalue weighted by atomic mass is 16.5. The Balaban J connectivity index is 1.73. The van der Waals surface area contributed by atoms with Crippen LogP contribution in [0.1, 0.15) is 0 Å². The maximum atomic E-state index is 11.8. The van der Waals surface area contributed by atoms with Gasteiger partial charge in [0.25, 0.3) is 0 Å². The van der Waals surface area contributed by atoms with Crippen molar-refractivity contribution in [2.45, 2.75) is 0 Å². The summed E-state index contributed by atoms with van der Waals surface area (Å²) in [7, 11) is 1.54. The van der Waals surface area contributed by atoms with Crippen molar-refractivity contribution < 1.29 is 24.0 Å². The molecule has 0 unspecified atom stereocenters. The van der Waals surface area contributed by atoms with Crippen molar-refractivity contribution in [1.29, 1.82) is 0 Å². The van der Waals surface area contributed by atoms with Gasteiger partial charge in [-0.25, -0.2) is 0 Å². The van der Waals surface area contributed by atoms with Crippen molar-refractivity contribution in [1.82, 2.24) is 5.32 Å². The fourth-order valence-corrected chi connectivity index (χ4v) is 2.23. The van der Waals surface area contributed by atoms with E-state index < -0.39 is 11.8 Å². The van der Waals surface area contributed by atoms with Gasteiger partial charge in [-0.2, -0.15) is 0 Å². The van der Waals surface area contributed by atoms with Gasteiger partial charge in [0.2, 0.25) is 0 Å². The second-order valence-corrected chi connectivity index (χ2v) is 5.05. The summed E-state index contributed by atoms with van der Waals surface area (Å²) >= 11 is 0. The topological polar surface area (TPSA) is 81.1 Å². The third kappa shape index (κ3) is 5.01. The molecule has 7 nitrogen and oxygen atoms in total. The number of ether oxygens (including phenoxy) is 2. The Morgan fingerprint density at radius 3 is 2.77 bits per heavy atom. The average Bonchev–Trinajstić information content (AvgIpc) is 2.56. The van der Waals surface area contributed by atoms with Gasteiger partial charge in [-0.15, -0.1) is 0 Å². The highest BCUT2D eigenvalue weighted by Gasteiger charge is 2.16. The SMILES string of the molecule is COc1cccc(NC(=O)C(=O)NCC[NH+]2CCOCC2)c1. The van der Waals surface area contributed by atoms with Crippen LogP contribution in [0.4, 0.5) is 5.69 Å². The lowest BCUT2D eigenvalue weighted by molar-refractivity contribution is -0.906. The van der Waals surface area contributed by atoms with Crippen molar-refractivity contribution in [3.63, 3.8) is 0 Å². The van der Waals surface area contributed by atoms with E-state index >= 15 is 0 Å². The number of anilines is 1. The molecule has 1 aromatic rings. The standard InChI is InChI=1S/C15H21N3O4/c1-21-13-4-2-3-12(11-13)17-15(20)14(19)16-5-6-18-7-9-22-10-8-18/h2-4,11H,5-10H2,1H3,(H,16,19)(H,17,20)/p+1. The molecule has 0 spiro atoms. The summed E-state index contributed by atoms with van der Waals surface area (Å²) in [5.41, 5.74) is 0.526. The van der Waals surface area contributed by atoms with Gasteiger partial charge < -0.3 is 25.0 Å². The summed E-state index contributed by atoms with van der Waals surface area (Å²) in [6, 6.07) is 6.86. The molecule has 2 amide bonds. The summed E-state index contributed by atoms with van der Waals surface area (Å²) < 4.78 is 10.3. The maximum absolute atomic E-state index is 11.8. The summed E-state index contributed by atoms with van der Waals surface area (Å²) in [5, 5.41) is 5.18. The second-order valence-electron chi connectivity index (χ2n) is 5.05. The minimum Gasteiger partial charge on any atom is -0.497 e. The van der Waals surface area contributed by atoms with Gasteiger partial charge in [0, 0.05) is 11.8 Å². The molecular weight excluding hydrogens is 286 g/mol. The molecule has 0 bridgehead atoms. The van der Waals surface area contributed by atoms with E-state index in [1.807, 2.05) is 0 Å². The fourth-order valence-electron chi connectivity index (χ4n) is 2.23. The normalized spacial score (nSPS) is 15.1. The Hall–Kier alpha value is -2.12. The van der Waals surface area contributed by atoms with E-state index in [-0.39, 0.29) is 0 Å². The predicted octanol–water partition coefficient (Wildman–Crippen LogP) is -1.33. The third-order valence-electron chi connectivity index (χ3n) is 3.50. The molecule has 1 aromatic carbocycles. The van der Waals surface area contributed by atoms with Gasteiger partial charge >= 0.3 is 11.8 Å². The first-order valence-corrected chi connectivity index (χ1v) is 7.33. The highest BCUT2D eigenvalue weighted by Crippen LogP contribution is 2.16. The van der Waals surface area contributed by atoms with Gasteiger partial charge in [-0.05, 0) is 12.1 Å². The van der Waals surface area contributed by atoms with E-state index in [4.69, 9.17) is 9.47 Å². The van der Waals surface area contributed by atoms with Gasteiger partial charge in [0.15, 0.2) is 0 Å². The smallest absolute Gasteiger partial charge is 0.313 e. The second kappa shape index (κ2) is 8.35. The Labute approximate surface area is 129 Å². The van der Waals surface area contributed by atoms with E-state index in [0.29, 0.717) is 18.0 Å². The van der Waals surface area contributed by atoms with E-state index in [1.54, 1.807) is 31.4 Å². The molecule has 1 saturated heterocycles. The lowest BCUT2D eigenvalue weighted by Gasteiger charge is -2.23. The Kier molecular flexibility index (Phi) is 6.17. The van der Waals surface area contributed by atoms with Crippen molar-refractivity contribution in [2.75, 3.05) is 51.8 Å². The van der Waals surface area contributed by atoms with E-state index in [9.17, 15) is 9.59 Å². The zero-order chi connectivity index (χ0) is 15.8. The largest absolute Gasteiger partial charge is 0.497 e. The number of morpholine rings is 1. The van der Waals surface area contributed by atoms with E-state index in [2.05, 4.69) is 10.6 Å². The molecule has 120 valence electrons. The number of methoxy groups -OCH3 is 1. The van der Waals surface area contributed by atoms with Crippen LogP contribution in [0.25, 0.3) is 0 Å². The van der Waals surface area contributed by atoms with Gasteiger partial charge in [0.05, 0.1) is 33.4 Å². The van der Waals surface area contributed by atoms with Crippen LogP contribution in [0, 0.1) is 0 Å². The summed E-state index contributed by atoms with van der Waals surface area (Å²) in [5.74, 6) is -0.685. The van der Waals surface area contributed by atoms with Crippen LogP contribution >= 0.6 is 0 Å². The zero-order valence-corrected chi connectivity index (χ0v) is 12.7. The van der Waals surface area contributed by atoms with Crippen LogP contribution in [0.3, 0.4) is 0 Å². The maximum Gasteiger partial charge on any atom is 0.313 e. The number of hydrogen-bond acceptors (Lipinski definition) is 4. The molecule has 2 rings (SSSR count). The van der Waals surface area contributed by atoms with Crippen LogP contribution < -0.4 is 20.3 Å². The van der Waals surface area contributed by atoms with Crippen LogP contribution in [0.15, 0.2) is 24.3 Å². The number of benzene rings is 1. The number of nitrogens with one attached hydrogen (secondary N) is 3. The molecule has 0 aliphatic carbocycles. The minimum absolute atomic E-state index is 0.472. The number of carbonyl (C=O) groups excluding carboxylic acids is 2. The molecule has 0 aromatic heterocycles. The quantitative estimate of drug-likeness (QED) is 0.589. The van der Waals surface area contributed by atoms with Crippen molar-refractivity contribution in [3.8, 4) is 5.75 Å². The first-order valence-electron chi connectivity index (χ1n) is 7.33. The van der Waals surface area contributed by atoms with Gasteiger partial charge in [-0.1, -0.05) is 6.07 Å². The molecule has 0 radical (unpaired) electrons. The molecule has 1 heterocycles. The summed E-state index contributed by atoms with van der Waals surface area (Å²) in [4.78, 5) is 24.9. The Morgan fingerprint density at radius 1 is 1.27 bits per heavy atom. The van der Waals surface area contributed by atoms with Crippen molar-refractivity contribution >= 4 is 17.5 Å². The molecule has 7 heteroatoms. The molecule has 3 N–H and O–H groups in total. The third-order valence-corrected chi connectivity index (χ3v) is 3.50. The number of hydrogen-bond donors (Lipinski definition) is 3. The van der Waals surface area contributed by atoms with Crippen molar-refractivity contribution in [2.24, 2.45) is 0 Å². The monoisotopic (exact) mass is 308 g/mol. The van der Waals surface area contributed by atoms with Crippen molar-refractivity contribution in [3.05, 3.63) is 24.3 Å². The molecule has 0 atom stereocenters. The first-order chi connectivity index (χ1) is 10.7. The van der Waals surface area contributed by atoms with E-state index in [0.717, 1.165) is 32.8 Å². The van der Waals surface area contributed by atoms with Crippen LogP contribution in [-0.2, 0) is 14.3 Å². The van der Waals surface area contributed by atoms with Crippen LogP contribution in [-0.4, -0.2) is 58.3 Å². The molecular formula is C15H22N3O4+. The van der Waals surface area contributed by atoms with Crippen LogP contribution in [0.5, 0.6) is 5.75 Å². The molecule has 1 fully saturated rings. The van der Waals surface area contributed by atoms with Crippen LogP contribution in [0.2, 0.25) is 0 Å². The number of rotatable bonds is 5. The minimum atomic E-state index is -0.676. The highest BCUT2D eigenvalue weighted by molar-refractivity contribution is 6.39. The molecule has 0 saturated carbocycles. The molecule has 1 aliphatic heterocycles. The average molecular weight is 308 g/mol. The number of amides is 2. The summed E-state index contributed by atoms with van der Waals surface area (Å²) in [6.45, 7) is 4.64. The number of quaternary nitrogens is 1. The lowest BCUT2D eigenvalue weighted by atomic mass is 10.3. The predicted molar refractivity (Wildman–Crippen MR) is 81.0 cm³/mol. The summed E-state index contributed by atoms with van der Waals surface area (Å²) in [6.07, 6.45) is 0. The van der Waals surface area contributed by atoms with Gasteiger partial charge in [-0.3, -0.25) is 9.59 Å². The van der Waals surface area contributed by atoms with E-state index in [1.165, 1.54) is 4.90 Å². The first kappa shape index (κ1) is 16.3. The lowest BCUT2D eigenvalue weighted by Crippen LogP contribution is -3.14. The Morgan fingerprint density at radius 2 is 2.05 bits per heavy atom. The molecule has 22 heavy (non-hydrogen) atoms. The molecule has 1 aliphatic rings. The zero-order valence-electron chi connectivity index (χ0n) is 12.7. The Bertz CT molecular complexity index is 515. The number of carbonyl (C=O) groups is 2.